The summed E-state index contributed by atoms with van der Waals surface area (Å²) in [4.78, 5) is 10.5. The largest absolute Gasteiger partial charge is 0.500 e. The van der Waals surface area contributed by atoms with Gasteiger partial charge < -0.3 is 14.4 Å². The first-order valence-electron chi connectivity index (χ1n) is 15.0. The Balaban J connectivity index is 0.000000207. The van der Waals surface area contributed by atoms with E-state index >= 15 is 0 Å². The minimum Gasteiger partial charge on any atom is -0.500 e. The Morgan fingerprint density at radius 2 is 1.66 bits per heavy atom. The summed E-state index contributed by atoms with van der Waals surface area (Å²) in [6.45, 7) is 8.72. The Kier molecular flexibility index (Phi) is 8.57. The van der Waals surface area contributed by atoms with Crippen LogP contribution in [0.4, 0.5) is 0 Å². The molecule has 1 radical (unpaired) electrons. The predicted molar refractivity (Wildman–Crippen MR) is 180 cm³/mol. The van der Waals surface area contributed by atoms with E-state index in [-0.39, 0.29) is 25.5 Å². The van der Waals surface area contributed by atoms with Crippen molar-refractivity contribution in [2.45, 2.75) is 58.8 Å². The first-order valence-corrected chi connectivity index (χ1v) is 15.9. The van der Waals surface area contributed by atoms with Crippen molar-refractivity contribution >= 4 is 43.4 Å². The summed E-state index contributed by atoms with van der Waals surface area (Å²) < 4.78 is 7.99. The number of aromatic nitrogens is 2. The van der Waals surface area contributed by atoms with Crippen LogP contribution in [-0.4, -0.2) is 9.97 Å². The maximum Gasteiger partial charge on any atom is 0.129 e. The van der Waals surface area contributed by atoms with E-state index in [2.05, 4.69) is 79.3 Å². The van der Waals surface area contributed by atoms with E-state index in [0.29, 0.717) is 0 Å². The summed E-state index contributed by atoms with van der Waals surface area (Å²) in [6.07, 6.45) is 8.73. The molecule has 0 atom stereocenters. The van der Waals surface area contributed by atoms with Crippen molar-refractivity contribution < 1.29 is 24.5 Å². The number of furan rings is 1. The van der Waals surface area contributed by atoms with Crippen LogP contribution in [0.25, 0.3) is 54.5 Å². The minimum atomic E-state index is 0. The maximum absolute atomic E-state index is 6.64. The topological polar surface area (TPSA) is 38.9 Å². The molecule has 1 aliphatic carbocycles. The van der Waals surface area contributed by atoms with E-state index in [4.69, 9.17) is 4.42 Å². The SMILES string of the molecule is CC(C)(C)c1ccnc(-c2[c-]ccc3c2oc2c3ccc3sc4c(c32)CCCC4)c1.Cc1ccc(-c2[c-]cccc2)nc1.[Ir]. The summed E-state index contributed by atoms with van der Waals surface area (Å²) >= 11 is 1.95. The van der Waals surface area contributed by atoms with Gasteiger partial charge in [-0.25, -0.2) is 0 Å². The molecule has 223 valence electrons. The molecule has 4 heterocycles. The summed E-state index contributed by atoms with van der Waals surface area (Å²) in [7, 11) is 0. The van der Waals surface area contributed by atoms with Gasteiger partial charge in [0.15, 0.2) is 0 Å². The van der Waals surface area contributed by atoms with Crippen LogP contribution in [0.1, 0.15) is 55.2 Å². The molecular weight excluding hydrogens is 737 g/mol. The minimum absolute atomic E-state index is 0. The molecule has 7 aromatic rings. The second-order valence-electron chi connectivity index (χ2n) is 12.4. The molecule has 3 nitrogen and oxygen atoms in total. The summed E-state index contributed by atoms with van der Waals surface area (Å²) in [5.41, 5.74) is 9.87. The number of benzene rings is 3. The molecule has 0 saturated heterocycles. The average Bonchev–Trinajstić information content (AvgIpc) is 3.60. The van der Waals surface area contributed by atoms with Crippen LogP contribution >= 0.6 is 11.3 Å². The fourth-order valence-electron chi connectivity index (χ4n) is 5.95. The van der Waals surface area contributed by atoms with E-state index in [1.807, 2.05) is 67.1 Å². The van der Waals surface area contributed by atoms with E-state index in [1.165, 1.54) is 57.8 Å². The van der Waals surface area contributed by atoms with Crippen molar-refractivity contribution in [1.82, 2.24) is 9.97 Å². The van der Waals surface area contributed by atoms with E-state index in [0.717, 1.165) is 39.1 Å². The predicted octanol–water partition coefficient (Wildman–Crippen LogP) is 10.7. The van der Waals surface area contributed by atoms with E-state index in [1.54, 1.807) is 4.88 Å². The van der Waals surface area contributed by atoms with Crippen LogP contribution < -0.4 is 0 Å². The average molecular weight is 771 g/mol. The van der Waals surface area contributed by atoms with Crippen LogP contribution in [0.5, 0.6) is 0 Å². The molecule has 0 fully saturated rings. The summed E-state index contributed by atoms with van der Waals surface area (Å²) in [5.74, 6) is 0. The van der Waals surface area contributed by atoms with Crippen LogP contribution in [-0.2, 0) is 38.4 Å². The number of hydrogen-bond donors (Lipinski definition) is 0. The molecule has 0 saturated carbocycles. The molecule has 5 heteroatoms. The molecular formula is C39H34IrN2OS-2. The molecule has 0 unspecified atom stereocenters. The zero-order chi connectivity index (χ0) is 29.6. The van der Waals surface area contributed by atoms with Crippen molar-refractivity contribution in [2.75, 3.05) is 0 Å². The number of thiophene rings is 1. The second-order valence-corrected chi connectivity index (χ2v) is 13.5. The molecule has 3 aromatic carbocycles. The molecule has 8 rings (SSSR count). The molecule has 0 spiro atoms. The van der Waals surface area contributed by atoms with Gasteiger partial charge in [0, 0.05) is 52.8 Å². The van der Waals surface area contributed by atoms with Crippen LogP contribution in [0.2, 0.25) is 0 Å². The first-order chi connectivity index (χ1) is 20.9. The molecule has 0 aliphatic heterocycles. The van der Waals surface area contributed by atoms with Gasteiger partial charge in [0.2, 0.25) is 0 Å². The summed E-state index contributed by atoms with van der Waals surface area (Å²) in [5, 5.41) is 3.69. The number of fused-ring (bicyclic) bond motifs is 7. The van der Waals surface area contributed by atoms with Crippen LogP contribution in [0.15, 0.2) is 89.6 Å². The van der Waals surface area contributed by atoms with Gasteiger partial charge >= 0.3 is 0 Å². The Morgan fingerprint density at radius 3 is 2.43 bits per heavy atom. The van der Waals surface area contributed by atoms with Gasteiger partial charge in [0.25, 0.3) is 0 Å². The third-order valence-corrected chi connectivity index (χ3v) is 9.55. The van der Waals surface area contributed by atoms with Crippen molar-refractivity contribution in [3.8, 4) is 22.5 Å². The van der Waals surface area contributed by atoms with Gasteiger partial charge in [0.05, 0.1) is 5.58 Å². The first kappa shape index (κ1) is 30.4. The van der Waals surface area contributed by atoms with Crippen molar-refractivity contribution in [1.29, 1.82) is 0 Å². The van der Waals surface area contributed by atoms with E-state index in [9.17, 15) is 0 Å². The molecule has 44 heavy (non-hydrogen) atoms. The van der Waals surface area contributed by atoms with Gasteiger partial charge in [-0.1, -0.05) is 56.0 Å². The third-order valence-electron chi connectivity index (χ3n) is 8.29. The van der Waals surface area contributed by atoms with Crippen LogP contribution in [0, 0.1) is 19.1 Å². The smallest absolute Gasteiger partial charge is 0.129 e. The number of pyridine rings is 2. The van der Waals surface area contributed by atoms with Crippen molar-refractivity contribution in [3.05, 3.63) is 119 Å². The standard InChI is InChI=1S/C27H24NOS.C12H10N.Ir/c1-27(2,3)16-13-14-28-21(15-16)19-9-6-8-17-18-11-12-23-24(26(18)29-25(17)19)20-7-4-5-10-22(20)30-23;1-10-7-8-12(13-9-10)11-5-3-2-4-6-11;/h6,8,11-15H,4-5,7,10H2,1-3H3;2-5,7-9H,1H3;/q2*-1;. The zero-order valence-electron chi connectivity index (χ0n) is 25.5. The quantitative estimate of drug-likeness (QED) is 0.164. The van der Waals surface area contributed by atoms with E-state index < -0.39 is 0 Å². The fourth-order valence-corrected chi connectivity index (χ4v) is 7.24. The van der Waals surface area contributed by atoms with Gasteiger partial charge in [0.1, 0.15) is 5.58 Å². The van der Waals surface area contributed by atoms with Crippen LogP contribution in [0.3, 0.4) is 0 Å². The Labute approximate surface area is 276 Å². The Hall–Kier alpha value is -3.63. The van der Waals surface area contributed by atoms with Crippen molar-refractivity contribution in [3.63, 3.8) is 0 Å². The fraction of sp³-hybridized carbons (Fsp3) is 0.231. The second kappa shape index (κ2) is 12.4. The van der Waals surface area contributed by atoms with Gasteiger partial charge in [-0.15, -0.1) is 65.4 Å². The van der Waals surface area contributed by atoms with Crippen molar-refractivity contribution in [2.24, 2.45) is 0 Å². The monoisotopic (exact) mass is 771 g/mol. The summed E-state index contributed by atoms with van der Waals surface area (Å²) in [6, 6.07) is 31.4. The zero-order valence-corrected chi connectivity index (χ0v) is 28.7. The normalized spacial score (nSPS) is 12.9. The Bertz CT molecular complexity index is 2070. The molecule has 1 aliphatic rings. The molecule has 4 aromatic heterocycles. The van der Waals surface area contributed by atoms with Gasteiger partial charge in [-0.2, -0.15) is 0 Å². The molecule has 0 amide bonds. The molecule has 0 N–H and O–H groups in total. The Morgan fingerprint density at radius 1 is 0.818 bits per heavy atom. The number of nitrogens with zero attached hydrogens (tertiary/aromatic N) is 2. The maximum atomic E-state index is 6.64. The number of aryl methyl sites for hydroxylation is 3. The third kappa shape index (κ3) is 5.77. The van der Waals surface area contributed by atoms with Gasteiger partial charge in [-0.3, -0.25) is 0 Å². The molecule has 0 bridgehead atoms. The number of rotatable bonds is 2. The number of hydrogen-bond acceptors (Lipinski definition) is 4. The van der Waals surface area contributed by atoms with Gasteiger partial charge in [-0.05, 0) is 78.2 Å².